The Kier molecular flexibility index (Phi) is 5.03. The maximum absolute atomic E-state index is 13.1. The Hall–Kier alpha value is -2.89. The van der Waals surface area contributed by atoms with Gasteiger partial charge in [0.15, 0.2) is 0 Å². The average Bonchev–Trinajstić information content (AvgIpc) is 3.11. The Balaban J connectivity index is 1.61. The number of hydrogen-bond acceptors (Lipinski definition) is 3. The number of methoxy groups -OCH3 is 1. The molecule has 1 aliphatic rings. The summed E-state index contributed by atoms with van der Waals surface area (Å²) in [5, 5.41) is 8.55. The Morgan fingerprint density at radius 1 is 1.18 bits per heavy atom. The summed E-state index contributed by atoms with van der Waals surface area (Å²) in [6.07, 6.45) is 6.77. The summed E-state index contributed by atoms with van der Waals surface area (Å²) in [7, 11) is 1.56. The van der Waals surface area contributed by atoms with Gasteiger partial charge in [-0.2, -0.15) is 5.10 Å². The Morgan fingerprint density at radius 3 is 2.57 bits per heavy atom. The molecule has 1 amide bonds. The van der Waals surface area contributed by atoms with Gasteiger partial charge < -0.3 is 10.1 Å². The van der Waals surface area contributed by atoms with E-state index in [1.807, 2.05) is 18.3 Å². The number of fused-ring (bicyclic) bond motifs is 1. The zero-order valence-corrected chi connectivity index (χ0v) is 16.1. The molecule has 6 heteroatoms. The summed E-state index contributed by atoms with van der Waals surface area (Å²) in [5.74, 6) is 0.645. The van der Waals surface area contributed by atoms with Crippen LogP contribution in [0.5, 0.6) is 5.75 Å². The minimum Gasteiger partial charge on any atom is -0.494 e. The molecule has 1 heterocycles. The summed E-state index contributed by atoms with van der Waals surface area (Å²) >= 11 is 0. The van der Waals surface area contributed by atoms with Crippen molar-refractivity contribution in [2.24, 2.45) is 5.92 Å². The number of ether oxygens (including phenoxy) is 1. The van der Waals surface area contributed by atoms with E-state index in [-0.39, 0.29) is 11.7 Å². The Labute approximate surface area is 163 Å². The van der Waals surface area contributed by atoms with E-state index < -0.39 is 0 Å². The number of carbonyl (C=O) groups excluding carboxylic acids is 1. The number of carbonyl (C=O) groups is 1. The summed E-state index contributed by atoms with van der Waals surface area (Å²) in [6.45, 7) is 2.30. The predicted molar refractivity (Wildman–Crippen MR) is 107 cm³/mol. The highest BCUT2D eigenvalue weighted by Crippen LogP contribution is 2.34. The second-order valence-corrected chi connectivity index (χ2v) is 7.60. The predicted octanol–water partition coefficient (Wildman–Crippen LogP) is 5.19. The second-order valence-electron chi connectivity index (χ2n) is 7.60. The third-order valence-corrected chi connectivity index (χ3v) is 5.56. The largest absolute Gasteiger partial charge is 0.494 e. The van der Waals surface area contributed by atoms with Gasteiger partial charge in [-0.3, -0.25) is 9.48 Å². The van der Waals surface area contributed by atoms with Crippen LogP contribution in [0.1, 0.15) is 49.0 Å². The second kappa shape index (κ2) is 7.62. The maximum Gasteiger partial charge on any atom is 0.255 e. The lowest BCUT2D eigenvalue weighted by atomic mass is 9.87. The van der Waals surface area contributed by atoms with Gasteiger partial charge in [0, 0.05) is 23.2 Å². The number of anilines is 1. The van der Waals surface area contributed by atoms with Crippen molar-refractivity contribution >= 4 is 22.5 Å². The molecule has 0 radical (unpaired) electrons. The monoisotopic (exact) mass is 381 g/mol. The molecule has 5 nitrogen and oxygen atoms in total. The van der Waals surface area contributed by atoms with Crippen molar-refractivity contribution in [1.82, 2.24) is 9.78 Å². The molecule has 28 heavy (non-hydrogen) atoms. The van der Waals surface area contributed by atoms with E-state index in [9.17, 15) is 9.18 Å². The SMILES string of the molecule is COc1cc2nn([C@H]3CC[C@H](C)CC3)cc2cc1NC(=O)c1ccc(F)cc1. The molecule has 1 aliphatic carbocycles. The number of hydrogen-bond donors (Lipinski definition) is 1. The average molecular weight is 381 g/mol. The molecule has 0 bridgehead atoms. The molecular weight excluding hydrogens is 357 g/mol. The van der Waals surface area contributed by atoms with Crippen molar-refractivity contribution in [3.63, 3.8) is 0 Å². The summed E-state index contributed by atoms with van der Waals surface area (Å²) in [4.78, 5) is 12.5. The molecule has 4 rings (SSSR count). The Bertz CT molecular complexity index is 989. The quantitative estimate of drug-likeness (QED) is 0.677. The van der Waals surface area contributed by atoms with Crippen LogP contribution in [0, 0.1) is 11.7 Å². The van der Waals surface area contributed by atoms with E-state index in [2.05, 4.69) is 16.9 Å². The minimum atomic E-state index is -0.375. The number of benzene rings is 2. The van der Waals surface area contributed by atoms with Gasteiger partial charge in [-0.1, -0.05) is 6.92 Å². The van der Waals surface area contributed by atoms with Gasteiger partial charge >= 0.3 is 0 Å². The zero-order chi connectivity index (χ0) is 19.7. The van der Waals surface area contributed by atoms with Gasteiger partial charge in [-0.05, 0) is 61.9 Å². The lowest BCUT2D eigenvalue weighted by Gasteiger charge is -2.26. The normalized spacial score (nSPS) is 19.5. The van der Waals surface area contributed by atoms with Crippen LogP contribution in [0.25, 0.3) is 10.9 Å². The standard InChI is InChI=1S/C22H24FN3O2/c1-14-3-9-18(10-4-14)26-13-16-11-20(21(28-2)12-19(16)25-26)24-22(27)15-5-7-17(23)8-6-15/h5-8,11-14,18H,3-4,9-10H2,1-2H3,(H,24,27)/t14-,18-. The smallest absolute Gasteiger partial charge is 0.255 e. The molecule has 0 aliphatic heterocycles. The molecule has 1 N–H and O–H groups in total. The van der Waals surface area contributed by atoms with Crippen molar-refractivity contribution in [1.29, 1.82) is 0 Å². The van der Waals surface area contributed by atoms with Gasteiger partial charge in [-0.15, -0.1) is 0 Å². The van der Waals surface area contributed by atoms with Gasteiger partial charge in [0.25, 0.3) is 5.91 Å². The van der Waals surface area contributed by atoms with Crippen LogP contribution in [-0.2, 0) is 0 Å². The van der Waals surface area contributed by atoms with Crippen molar-refractivity contribution in [2.45, 2.75) is 38.6 Å². The van der Waals surface area contributed by atoms with Crippen molar-refractivity contribution in [3.05, 3.63) is 54.0 Å². The number of nitrogens with one attached hydrogen (secondary N) is 1. The number of nitrogens with zero attached hydrogens (tertiary/aromatic N) is 2. The highest BCUT2D eigenvalue weighted by atomic mass is 19.1. The van der Waals surface area contributed by atoms with Crippen molar-refractivity contribution < 1.29 is 13.9 Å². The van der Waals surface area contributed by atoms with E-state index in [4.69, 9.17) is 9.84 Å². The highest BCUT2D eigenvalue weighted by molar-refractivity contribution is 6.06. The van der Waals surface area contributed by atoms with Crippen LogP contribution < -0.4 is 10.1 Å². The fourth-order valence-electron chi connectivity index (χ4n) is 3.83. The van der Waals surface area contributed by atoms with E-state index in [0.29, 0.717) is 23.0 Å². The number of rotatable bonds is 4. The first-order chi connectivity index (χ1) is 13.5. The fourth-order valence-corrected chi connectivity index (χ4v) is 3.83. The molecule has 2 aromatic carbocycles. The molecule has 0 atom stereocenters. The van der Waals surface area contributed by atoms with Gasteiger partial charge in [0.1, 0.15) is 11.6 Å². The van der Waals surface area contributed by atoms with Crippen LogP contribution in [-0.4, -0.2) is 22.8 Å². The zero-order valence-electron chi connectivity index (χ0n) is 16.1. The minimum absolute atomic E-state index is 0.314. The molecule has 3 aromatic rings. The highest BCUT2D eigenvalue weighted by Gasteiger charge is 2.21. The Morgan fingerprint density at radius 2 is 1.89 bits per heavy atom. The van der Waals surface area contributed by atoms with Crippen molar-refractivity contribution in [3.8, 4) is 5.75 Å². The van der Waals surface area contributed by atoms with Crippen LogP contribution in [0.4, 0.5) is 10.1 Å². The first-order valence-electron chi connectivity index (χ1n) is 9.67. The molecule has 0 saturated heterocycles. The third-order valence-electron chi connectivity index (χ3n) is 5.56. The topological polar surface area (TPSA) is 56.1 Å². The lowest BCUT2D eigenvalue weighted by Crippen LogP contribution is -2.16. The number of amides is 1. The van der Waals surface area contributed by atoms with Crippen LogP contribution in [0.2, 0.25) is 0 Å². The van der Waals surface area contributed by atoms with E-state index in [0.717, 1.165) is 29.7 Å². The van der Waals surface area contributed by atoms with E-state index in [1.165, 1.54) is 37.1 Å². The maximum atomic E-state index is 13.1. The van der Waals surface area contributed by atoms with Gasteiger partial charge in [0.05, 0.1) is 24.4 Å². The lowest BCUT2D eigenvalue weighted by molar-refractivity contribution is 0.102. The van der Waals surface area contributed by atoms with Gasteiger partial charge in [-0.25, -0.2) is 4.39 Å². The molecule has 1 fully saturated rings. The first-order valence-corrected chi connectivity index (χ1v) is 9.67. The van der Waals surface area contributed by atoms with Crippen LogP contribution in [0.3, 0.4) is 0 Å². The molecule has 0 unspecified atom stereocenters. The molecule has 1 aromatic heterocycles. The van der Waals surface area contributed by atoms with Gasteiger partial charge in [0.2, 0.25) is 0 Å². The van der Waals surface area contributed by atoms with Crippen molar-refractivity contribution in [2.75, 3.05) is 12.4 Å². The number of halogens is 1. The first kappa shape index (κ1) is 18.5. The third kappa shape index (κ3) is 3.72. The van der Waals surface area contributed by atoms with E-state index in [1.54, 1.807) is 7.11 Å². The van der Waals surface area contributed by atoms with E-state index >= 15 is 0 Å². The molecule has 0 spiro atoms. The summed E-state index contributed by atoms with van der Waals surface area (Å²) in [5.41, 5.74) is 1.80. The van der Waals surface area contributed by atoms with Crippen LogP contribution >= 0.6 is 0 Å². The summed E-state index contributed by atoms with van der Waals surface area (Å²) in [6, 6.07) is 9.60. The fraction of sp³-hybridized carbons (Fsp3) is 0.364. The summed E-state index contributed by atoms with van der Waals surface area (Å²) < 4.78 is 20.6. The molecule has 1 saturated carbocycles. The molecular formula is C22H24FN3O2. The number of aromatic nitrogens is 2. The molecule has 146 valence electrons. The van der Waals surface area contributed by atoms with Crippen LogP contribution in [0.15, 0.2) is 42.6 Å².